The molecule has 2 aromatic carbocycles. The summed E-state index contributed by atoms with van der Waals surface area (Å²) >= 11 is 0. The van der Waals surface area contributed by atoms with Gasteiger partial charge in [0.15, 0.2) is 11.6 Å². The van der Waals surface area contributed by atoms with Gasteiger partial charge in [0, 0.05) is 44.6 Å². The molecule has 38 heavy (non-hydrogen) atoms. The third-order valence-corrected chi connectivity index (χ3v) is 7.82. The molecule has 0 saturated carbocycles. The molecule has 1 amide bonds. The maximum absolute atomic E-state index is 12.9. The summed E-state index contributed by atoms with van der Waals surface area (Å²) in [6.45, 7) is 0.0632. The van der Waals surface area contributed by atoms with Crippen molar-refractivity contribution in [3.63, 3.8) is 0 Å². The van der Waals surface area contributed by atoms with Crippen molar-refractivity contribution in [2.24, 2.45) is 7.05 Å². The topological polar surface area (TPSA) is 155 Å². The van der Waals surface area contributed by atoms with Crippen LogP contribution in [0, 0.1) is 0 Å². The van der Waals surface area contributed by atoms with Crippen molar-refractivity contribution in [2.75, 3.05) is 25.5 Å². The second kappa shape index (κ2) is 11.9. The molecule has 0 aliphatic rings. The summed E-state index contributed by atoms with van der Waals surface area (Å²) < 4.78 is 28.7. The highest BCUT2D eigenvalue weighted by Crippen LogP contribution is 2.20. The molecule has 0 fully saturated rings. The molecule has 198 valence electrons. The van der Waals surface area contributed by atoms with Crippen LogP contribution in [0.4, 0.5) is 5.69 Å². The van der Waals surface area contributed by atoms with Crippen LogP contribution >= 0.6 is 0 Å². The van der Waals surface area contributed by atoms with Gasteiger partial charge in [-0.15, -0.1) is 10.2 Å². The third-order valence-electron chi connectivity index (χ3n) is 5.87. The Balaban J connectivity index is 1.41. The van der Waals surface area contributed by atoms with E-state index >= 15 is 0 Å². The minimum Gasteiger partial charge on any atom is -0.395 e. The quantitative estimate of drug-likeness (QED) is 0.258. The monoisotopic (exact) mass is 536 g/mol. The molecule has 13 heteroatoms. The van der Waals surface area contributed by atoms with E-state index in [1.165, 1.54) is 19.4 Å². The Morgan fingerprint density at radius 2 is 1.89 bits per heavy atom. The van der Waals surface area contributed by atoms with Crippen molar-refractivity contribution in [1.82, 2.24) is 34.4 Å². The number of nitrogens with one attached hydrogen (secondary N) is 2. The van der Waals surface area contributed by atoms with Gasteiger partial charge in [-0.2, -0.15) is 4.31 Å². The number of aliphatic hydroxyl groups is 1. The molecular weight excluding hydrogens is 508 g/mol. The zero-order valence-corrected chi connectivity index (χ0v) is 21.8. The Morgan fingerprint density at radius 3 is 2.66 bits per heavy atom. The highest BCUT2D eigenvalue weighted by atomic mass is 32.2. The minimum atomic E-state index is -3.81. The molecule has 0 unspecified atom stereocenters. The second-order valence-corrected chi connectivity index (χ2v) is 10.4. The lowest BCUT2D eigenvalue weighted by molar-refractivity contribution is 0.0950. The third kappa shape index (κ3) is 6.02. The Labute approximate surface area is 220 Å². The van der Waals surface area contributed by atoms with Crippen molar-refractivity contribution in [3.05, 3.63) is 84.1 Å². The lowest BCUT2D eigenvalue weighted by Gasteiger charge is -2.18. The molecule has 4 rings (SSSR count). The van der Waals surface area contributed by atoms with Crippen LogP contribution < -0.4 is 10.6 Å². The van der Waals surface area contributed by atoms with Crippen molar-refractivity contribution < 1.29 is 18.3 Å². The number of benzene rings is 2. The number of anilines is 1. The van der Waals surface area contributed by atoms with Gasteiger partial charge in [0.05, 0.1) is 18.0 Å². The number of rotatable bonds is 11. The molecule has 2 heterocycles. The average Bonchev–Trinajstić information content (AvgIpc) is 3.31. The van der Waals surface area contributed by atoms with E-state index in [1.54, 1.807) is 48.7 Å². The molecule has 3 N–H and O–H groups in total. The minimum absolute atomic E-state index is 0.0175. The summed E-state index contributed by atoms with van der Waals surface area (Å²) in [4.78, 5) is 21.1. The Morgan fingerprint density at radius 1 is 1.08 bits per heavy atom. The highest BCUT2D eigenvalue weighted by Gasteiger charge is 2.23. The fourth-order valence-electron chi connectivity index (χ4n) is 3.72. The normalized spacial score (nSPS) is 11.5. The van der Waals surface area contributed by atoms with Gasteiger partial charge in [-0.3, -0.25) is 4.79 Å². The van der Waals surface area contributed by atoms with Crippen LogP contribution in [0.15, 0.2) is 72.0 Å². The van der Waals surface area contributed by atoms with Gasteiger partial charge in [-0.25, -0.2) is 18.4 Å². The number of amides is 1. The van der Waals surface area contributed by atoms with E-state index in [1.807, 2.05) is 17.7 Å². The van der Waals surface area contributed by atoms with Crippen LogP contribution in [-0.2, 0) is 30.2 Å². The van der Waals surface area contributed by atoms with Crippen LogP contribution in [0.1, 0.15) is 21.7 Å². The first kappa shape index (κ1) is 26.9. The van der Waals surface area contributed by atoms with E-state index < -0.39 is 10.0 Å². The first-order valence-corrected chi connectivity index (χ1v) is 13.2. The Kier molecular flexibility index (Phi) is 8.41. The lowest BCUT2D eigenvalue weighted by atomic mass is 10.1. The maximum Gasteiger partial charge on any atom is 0.251 e. The van der Waals surface area contributed by atoms with Gasteiger partial charge in [0.1, 0.15) is 12.0 Å². The fraction of sp³-hybridized carbons (Fsp3) is 0.240. The van der Waals surface area contributed by atoms with Gasteiger partial charge in [-0.1, -0.05) is 24.3 Å². The summed E-state index contributed by atoms with van der Waals surface area (Å²) in [7, 11) is -0.567. The predicted molar refractivity (Wildman–Crippen MR) is 140 cm³/mol. The fourth-order valence-corrected chi connectivity index (χ4v) is 5.10. The Hall–Kier alpha value is -4.20. The zero-order valence-electron chi connectivity index (χ0n) is 20.9. The summed E-state index contributed by atoms with van der Waals surface area (Å²) in [6.07, 6.45) is 3.09. The smallest absolute Gasteiger partial charge is 0.251 e. The highest BCUT2D eigenvalue weighted by molar-refractivity contribution is 7.89. The van der Waals surface area contributed by atoms with Crippen molar-refractivity contribution in [3.8, 4) is 11.5 Å². The van der Waals surface area contributed by atoms with E-state index in [4.69, 9.17) is 5.11 Å². The maximum atomic E-state index is 12.9. The molecule has 0 aliphatic carbocycles. The van der Waals surface area contributed by atoms with E-state index in [-0.39, 0.29) is 30.5 Å². The molecule has 0 saturated heterocycles. The number of aromatic nitrogens is 5. The van der Waals surface area contributed by atoms with Crippen molar-refractivity contribution in [1.29, 1.82) is 0 Å². The van der Waals surface area contributed by atoms with Crippen LogP contribution in [0.3, 0.4) is 0 Å². The van der Waals surface area contributed by atoms with Crippen LogP contribution in [-0.4, -0.2) is 68.7 Å². The molecule has 12 nitrogen and oxygen atoms in total. The van der Waals surface area contributed by atoms with E-state index in [0.29, 0.717) is 40.7 Å². The van der Waals surface area contributed by atoms with Gasteiger partial charge in [0.25, 0.3) is 5.91 Å². The molecule has 0 atom stereocenters. The molecule has 0 aliphatic heterocycles. The molecule has 2 aromatic heterocycles. The van der Waals surface area contributed by atoms with Crippen molar-refractivity contribution >= 4 is 21.6 Å². The van der Waals surface area contributed by atoms with Gasteiger partial charge in [-0.05, 0) is 35.9 Å². The van der Waals surface area contributed by atoms with Gasteiger partial charge in [0.2, 0.25) is 10.0 Å². The number of carbonyl (C=O) groups is 1. The number of likely N-dealkylation sites (N-methyl/N-ethyl adjacent to an activating group) is 1. The molecular formula is C25H28N8O4S. The average molecular weight is 537 g/mol. The van der Waals surface area contributed by atoms with Crippen LogP contribution in [0.25, 0.3) is 11.5 Å². The second-order valence-electron chi connectivity index (χ2n) is 8.37. The number of nitrogens with zero attached hydrogens (tertiary/aromatic N) is 6. The molecule has 0 bridgehead atoms. The number of carbonyl (C=O) groups excluding carboxylic acids is 1. The number of sulfonamides is 1. The predicted octanol–water partition coefficient (Wildman–Crippen LogP) is 1.43. The van der Waals surface area contributed by atoms with Gasteiger partial charge >= 0.3 is 0 Å². The SMILES string of the molecule is CN(CCO)S(=O)(=O)c1ccccc1CNC(=O)c1cccc(NCc2nnc(-c3ccncn3)n2C)c1. The standard InChI is InChI=1S/C25H28N8O4S/c1-32(12-13-34)38(36,37)22-9-4-3-6-19(22)15-28-25(35)18-7-5-8-20(14-18)27-16-23-30-31-24(33(23)2)21-10-11-26-17-29-21/h3-11,14,17,27,34H,12-13,15-16H2,1-2H3,(H,28,35). The van der Waals surface area contributed by atoms with E-state index in [9.17, 15) is 13.2 Å². The summed E-state index contributed by atoms with van der Waals surface area (Å²) in [5, 5.41) is 23.6. The number of hydrogen-bond acceptors (Lipinski definition) is 9. The number of hydrogen-bond donors (Lipinski definition) is 3. The summed E-state index contributed by atoms with van der Waals surface area (Å²) in [5.74, 6) is 0.939. The first-order valence-electron chi connectivity index (χ1n) is 11.7. The first-order chi connectivity index (χ1) is 18.3. The van der Waals surface area contributed by atoms with Crippen molar-refractivity contribution in [2.45, 2.75) is 18.0 Å². The summed E-state index contributed by atoms with van der Waals surface area (Å²) in [5.41, 5.74) is 2.22. The number of aliphatic hydroxyl groups excluding tert-OH is 1. The van der Waals surface area contributed by atoms with Gasteiger partial charge < -0.3 is 20.3 Å². The van der Waals surface area contributed by atoms with E-state index in [2.05, 4.69) is 30.8 Å². The van der Waals surface area contributed by atoms with E-state index in [0.717, 1.165) is 4.31 Å². The van der Waals surface area contributed by atoms with Crippen LogP contribution in [0.2, 0.25) is 0 Å². The molecule has 0 spiro atoms. The molecule has 0 radical (unpaired) electrons. The summed E-state index contributed by atoms with van der Waals surface area (Å²) in [6, 6.07) is 15.2. The molecule has 4 aromatic rings. The lowest BCUT2D eigenvalue weighted by Crippen LogP contribution is -2.31. The Bertz CT molecular complexity index is 1510. The zero-order chi connectivity index (χ0) is 27.1. The largest absolute Gasteiger partial charge is 0.395 e. The van der Waals surface area contributed by atoms with Crippen LogP contribution in [0.5, 0.6) is 0 Å².